The lowest BCUT2D eigenvalue weighted by Crippen LogP contribution is -2.33. The number of anilines is 1. The highest BCUT2D eigenvalue weighted by Crippen LogP contribution is 2.07. The van der Waals surface area contributed by atoms with E-state index in [0.717, 1.165) is 26.2 Å². The van der Waals surface area contributed by atoms with Crippen molar-refractivity contribution in [3.8, 4) is 0 Å². The number of para-hydroxylation sites is 1. The highest BCUT2D eigenvalue weighted by Gasteiger charge is 1.99. The fourth-order valence-corrected chi connectivity index (χ4v) is 1.58. The fourth-order valence-electron chi connectivity index (χ4n) is 1.58. The van der Waals surface area contributed by atoms with Gasteiger partial charge in [-0.3, -0.25) is 0 Å². The first kappa shape index (κ1) is 19.9. The van der Waals surface area contributed by atoms with Gasteiger partial charge in [-0.05, 0) is 47.4 Å². The number of likely N-dealkylation sites (N-methyl/N-ethyl adjacent to an activating group) is 3. The summed E-state index contributed by atoms with van der Waals surface area (Å²) in [6.45, 7) is 4.59. The molecule has 0 fully saturated rings. The van der Waals surface area contributed by atoms with Gasteiger partial charge in [-0.15, -0.1) is 0 Å². The van der Waals surface area contributed by atoms with Crippen LogP contribution in [0.15, 0.2) is 30.3 Å². The Morgan fingerprint density at radius 3 is 1.33 bits per heavy atom. The third-order valence-corrected chi connectivity index (χ3v) is 3.13. The van der Waals surface area contributed by atoms with Gasteiger partial charge in [0.25, 0.3) is 0 Å². The Labute approximate surface area is 131 Å². The van der Waals surface area contributed by atoms with Crippen LogP contribution in [0.25, 0.3) is 0 Å². The van der Waals surface area contributed by atoms with Crippen LogP contribution in [0.2, 0.25) is 0 Å². The monoisotopic (exact) mass is 294 g/mol. The maximum atomic E-state index is 2.36. The summed E-state index contributed by atoms with van der Waals surface area (Å²) in [5.41, 5.74) is 1.25. The Balaban J connectivity index is 0.000000394. The van der Waals surface area contributed by atoms with Crippen LogP contribution >= 0.6 is 0 Å². The lowest BCUT2D eigenvalue weighted by atomic mass is 10.3. The second-order valence-electron chi connectivity index (χ2n) is 6.14. The average Bonchev–Trinajstić information content (AvgIpc) is 2.44. The third-order valence-electron chi connectivity index (χ3n) is 3.13. The Bertz CT molecular complexity index is 324. The van der Waals surface area contributed by atoms with Gasteiger partial charge in [0, 0.05) is 46.0 Å². The molecule has 4 nitrogen and oxygen atoms in total. The molecule has 1 rings (SSSR count). The topological polar surface area (TPSA) is 13.0 Å². The zero-order chi connectivity index (χ0) is 16.3. The number of benzene rings is 1. The third kappa shape index (κ3) is 12.4. The standard InChI is InChI=1S/C9H23N3.C8H11N/c1-10(2)6-8-12(5)9-7-11(3)4;1-9(2)8-6-4-3-5-7-8/h6-9H2,1-5H3;3-7H,1-2H3. The maximum absolute atomic E-state index is 2.36. The van der Waals surface area contributed by atoms with E-state index >= 15 is 0 Å². The molecule has 1 aromatic rings. The van der Waals surface area contributed by atoms with E-state index in [-0.39, 0.29) is 0 Å². The first-order valence-corrected chi connectivity index (χ1v) is 7.53. The molecule has 122 valence electrons. The molecule has 0 aromatic heterocycles. The van der Waals surface area contributed by atoms with E-state index in [0.29, 0.717) is 0 Å². The largest absolute Gasteiger partial charge is 0.378 e. The van der Waals surface area contributed by atoms with Crippen molar-refractivity contribution in [2.45, 2.75) is 0 Å². The van der Waals surface area contributed by atoms with Crippen molar-refractivity contribution in [2.24, 2.45) is 0 Å². The molecule has 0 unspecified atom stereocenters. The first-order valence-electron chi connectivity index (χ1n) is 7.53. The zero-order valence-electron chi connectivity index (χ0n) is 15.0. The van der Waals surface area contributed by atoms with Gasteiger partial charge < -0.3 is 19.6 Å². The van der Waals surface area contributed by atoms with Crippen molar-refractivity contribution in [2.75, 3.05) is 80.4 Å². The molecule has 0 bridgehead atoms. The smallest absolute Gasteiger partial charge is 0.0360 e. The van der Waals surface area contributed by atoms with Crippen LogP contribution in [-0.4, -0.2) is 90.2 Å². The van der Waals surface area contributed by atoms with Crippen molar-refractivity contribution < 1.29 is 0 Å². The normalized spacial score (nSPS) is 10.8. The molecule has 0 spiro atoms. The van der Waals surface area contributed by atoms with Gasteiger partial charge in [0.05, 0.1) is 0 Å². The number of hydrogen-bond donors (Lipinski definition) is 0. The van der Waals surface area contributed by atoms with Crippen molar-refractivity contribution in [3.63, 3.8) is 0 Å². The summed E-state index contributed by atoms with van der Waals surface area (Å²) in [7, 11) is 14.7. The van der Waals surface area contributed by atoms with E-state index in [1.54, 1.807) is 0 Å². The lowest BCUT2D eigenvalue weighted by molar-refractivity contribution is 0.254. The van der Waals surface area contributed by atoms with Gasteiger partial charge in [0.15, 0.2) is 0 Å². The van der Waals surface area contributed by atoms with Crippen molar-refractivity contribution in [3.05, 3.63) is 30.3 Å². The van der Waals surface area contributed by atoms with Gasteiger partial charge in [0.2, 0.25) is 0 Å². The molecule has 0 amide bonds. The molecule has 0 N–H and O–H groups in total. The zero-order valence-corrected chi connectivity index (χ0v) is 15.0. The summed E-state index contributed by atoms with van der Waals surface area (Å²) in [6, 6.07) is 10.3. The van der Waals surface area contributed by atoms with Gasteiger partial charge in [-0.25, -0.2) is 0 Å². The highest BCUT2D eigenvalue weighted by molar-refractivity contribution is 5.43. The van der Waals surface area contributed by atoms with E-state index in [2.05, 4.69) is 67.0 Å². The predicted octanol–water partition coefficient (Wildman–Crippen LogP) is 1.79. The summed E-state index contributed by atoms with van der Waals surface area (Å²) < 4.78 is 0. The van der Waals surface area contributed by atoms with Crippen LogP contribution in [0, 0.1) is 0 Å². The second kappa shape index (κ2) is 11.5. The molecule has 0 aliphatic carbocycles. The van der Waals surface area contributed by atoms with Crippen LogP contribution in [0.1, 0.15) is 0 Å². The van der Waals surface area contributed by atoms with Crippen LogP contribution in [0.3, 0.4) is 0 Å². The molecule has 1 aromatic carbocycles. The summed E-state index contributed by atoms with van der Waals surface area (Å²) >= 11 is 0. The van der Waals surface area contributed by atoms with Gasteiger partial charge >= 0.3 is 0 Å². The molecule has 0 heterocycles. The number of rotatable bonds is 7. The van der Waals surface area contributed by atoms with Crippen LogP contribution in [0.4, 0.5) is 5.69 Å². The maximum Gasteiger partial charge on any atom is 0.0360 e. The molecule has 0 atom stereocenters. The van der Waals surface area contributed by atoms with Crippen LogP contribution in [0.5, 0.6) is 0 Å². The van der Waals surface area contributed by atoms with E-state index in [9.17, 15) is 0 Å². The molecular weight excluding hydrogens is 260 g/mol. The number of hydrogen-bond acceptors (Lipinski definition) is 4. The Hall–Kier alpha value is -1.10. The van der Waals surface area contributed by atoms with E-state index in [4.69, 9.17) is 0 Å². The molecule has 0 radical (unpaired) electrons. The fraction of sp³-hybridized carbons (Fsp3) is 0.647. The summed E-state index contributed by atoms with van der Waals surface area (Å²) in [5, 5.41) is 0. The first-order chi connectivity index (χ1) is 9.82. The number of nitrogens with zero attached hydrogens (tertiary/aromatic N) is 4. The van der Waals surface area contributed by atoms with Crippen molar-refractivity contribution in [1.29, 1.82) is 0 Å². The summed E-state index contributed by atoms with van der Waals surface area (Å²) in [6.07, 6.45) is 0. The minimum absolute atomic E-state index is 1.14. The molecule has 0 aliphatic rings. The lowest BCUT2D eigenvalue weighted by Gasteiger charge is -2.20. The Kier molecular flexibility index (Phi) is 10.9. The SMILES string of the molecule is CN(C)CCN(C)CCN(C)C.CN(C)c1ccccc1. The average molecular weight is 294 g/mol. The Morgan fingerprint density at radius 2 is 1.05 bits per heavy atom. The highest BCUT2D eigenvalue weighted by atomic mass is 15.2. The second-order valence-corrected chi connectivity index (χ2v) is 6.14. The molecule has 0 saturated carbocycles. The van der Waals surface area contributed by atoms with E-state index in [1.807, 2.05) is 32.3 Å². The molecular formula is C17H34N4. The molecule has 21 heavy (non-hydrogen) atoms. The van der Waals surface area contributed by atoms with Gasteiger partial charge in [-0.2, -0.15) is 0 Å². The van der Waals surface area contributed by atoms with Gasteiger partial charge in [-0.1, -0.05) is 18.2 Å². The predicted molar refractivity (Wildman–Crippen MR) is 95.4 cm³/mol. The summed E-state index contributed by atoms with van der Waals surface area (Å²) in [5.74, 6) is 0. The van der Waals surface area contributed by atoms with Crippen molar-refractivity contribution in [1.82, 2.24) is 14.7 Å². The quantitative estimate of drug-likeness (QED) is 0.760. The molecule has 0 aliphatic heterocycles. The summed E-state index contributed by atoms with van der Waals surface area (Å²) in [4.78, 5) is 8.87. The minimum Gasteiger partial charge on any atom is -0.378 e. The van der Waals surface area contributed by atoms with Gasteiger partial charge in [0.1, 0.15) is 0 Å². The molecule has 4 heteroatoms. The van der Waals surface area contributed by atoms with Crippen molar-refractivity contribution >= 4 is 5.69 Å². The minimum atomic E-state index is 1.14. The van der Waals surface area contributed by atoms with Crippen LogP contribution in [-0.2, 0) is 0 Å². The molecule has 0 saturated heterocycles. The van der Waals surface area contributed by atoms with E-state index in [1.165, 1.54) is 5.69 Å². The van der Waals surface area contributed by atoms with E-state index < -0.39 is 0 Å². The van der Waals surface area contributed by atoms with Crippen LogP contribution < -0.4 is 4.90 Å². The Morgan fingerprint density at radius 1 is 0.619 bits per heavy atom.